The fraction of sp³-hybridized carbons (Fsp3) is 0.133. The summed E-state index contributed by atoms with van der Waals surface area (Å²) in [4.78, 5) is 15.2. The quantitative estimate of drug-likeness (QED) is 0.658. The third-order valence-corrected chi connectivity index (χ3v) is 3.21. The molecule has 0 unspecified atom stereocenters. The number of carbonyl (C=O) groups excluding carboxylic acids is 1. The number of aldehydes is 1. The van der Waals surface area contributed by atoms with Crippen molar-refractivity contribution in [3.63, 3.8) is 0 Å². The third kappa shape index (κ3) is 1.81. The topological polar surface area (TPSA) is 47.8 Å². The van der Waals surface area contributed by atoms with E-state index in [1.54, 1.807) is 6.20 Å². The van der Waals surface area contributed by atoms with Gasteiger partial charge in [0.25, 0.3) is 0 Å². The molecule has 1 aromatic carbocycles. The van der Waals surface area contributed by atoms with E-state index in [9.17, 15) is 4.79 Å². The number of hydrogen-bond donors (Lipinski definition) is 0. The third-order valence-electron chi connectivity index (χ3n) is 3.21. The Labute approximate surface area is 110 Å². The summed E-state index contributed by atoms with van der Waals surface area (Å²) in [6, 6.07) is 9.85. The molecule has 0 saturated carbocycles. The molecule has 0 spiro atoms. The standard InChI is InChI=1S/C15H13N3O/c1-10-5-3-4-6-14(10)18-15-13(11(2)17-18)7-12(9-19)8-16-15/h3-9H,1-2H3. The minimum absolute atomic E-state index is 0.569. The number of aromatic nitrogens is 3. The molecule has 94 valence electrons. The van der Waals surface area contributed by atoms with Crippen LogP contribution in [0.2, 0.25) is 0 Å². The maximum atomic E-state index is 10.8. The van der Waals surface area contributed by atoms with Gasteiger partial charge < -0.3 is 0 Å². The van der Waals surface area contributed by atoms with Crippen LogP contribution in [0.4, 0.5) is 0 Å². The Morgan fingerprint density at radius 3 is 2.74 bits per heavy atom. The summed E-state index contributed by atoms with van der Waals surface area (Å²) in [5.41, 5.74) is 4.35. The maximum Gasteiger partial charge on any atom is 0.163 e. The van der Waals surface area contributed by atoms with E-state index < -0.39 is 0 Å². The van der Waals surface area contributed by atoms with E-state index >= 15 is 0 Å². The molecule has 0 amide bonds. The van der Waals surface area contributed by atoms with Crippen LogP contribution < -0.4 is 0 Å². The first-order valence-electron chi connectivity index (χ1n) is 6.07. The van der Waals surface area contributed by atoms with Gasteiger partial charge in [0, 0.05) is 17.1 Å². The number of para-hydroxylation sites is 1. The van der Waals surface area contributed by atoms with Crippen molar-refractivity contribution in [1.82, 2.24) is 14.8 Å². The largest absolute Gasteiger partial charge is 0.298 e. The first-order chi connectivity index (χ1) is 9.20. The number of pyridine rings is 1. The summed E-state index contributed by atoms with van der Waals surface area (Å²) < 4.78 is 1.83. The van der Waals surface area contributed by atoms with Gasteiger partial charge in [-0.1, -0.05) is 18.2 Å². The molecule has 19 heavy (non-hydrogen) atoms. The fourth-order valence-corrected chi connectivity index (χ4v) is 2.19. The Morgan fingerprint density at radius 2 is 2.00 bits per heavy atom. The lowest BCUT2D eigenvalue weighted by atomic mass is 10.2. The number of fused-ring (bicyclic) bond motifs is 1. The number of aryl methyl sites for hydroxylation is 2. The smallest absolute Gasteiger partial charge is 0.163 e. The van der Waals surface area contributed by atoms with Crippen molar-refractivity contribution in [2.75, 3.05) is 0 Å². The lowest BCUT2D eigenvalue weighted by molar-refractivity contribution is 0.112. The molecule has 0 aliphatic carbocycles. The van der Waals surface area contributed by atoms with Crippen LogP contribution >= 0.6 is 0 Å². The minimum atomic E-state index is 0.569. The zero-order valence-electron chi connectivity index (χ0n) is 10.8. The maximum absolute atomic E-state index is 10.8. The van der Waals surface area contributed by atoms with Crippen LogP contribution in [0.3, 0.4) is 0 Å². The summed E-state index contributed by atoms with van der Waals surface area (Å²) in [6.45, 7) is 3.96. The van der Waals surface area contributed by atoms with Crippen LogP contribution in [-0.2, 0) is 0 Å². The van der Waals surface area contributed by atoms with E-state index in [0.717, 1.165) is 34.3 Å². The highest BCUT2D eigenvalue weighted by Gasteiger charge is 2.12. The molecular formula is C15H13N3O. The zero-order valence-corrected chi connectivity index (χ0v) is 10.8. The SMILES string of the molecule is Cc1ccccc1-n1nc(C)c2cc(C=O)cnc21. The van der Waals surface area contributed by atoms with E-state index in [-0.39, 0.29) is 0 Å². The monoisotopic (exact) mass is 251 g/mol. The molecule has 0 atom stereocenters. The molecule has 2 aromatic heterocycles. The van der Waals surface area contributed by atoms with E-state index in [1.807, 2.05) is 48.9 Å². The van der Waals surface area contributed by atoms with Crippen molar-refractivity contribution in [3.8, 4) is 5.69 Å². The molecule has 3 rings (SSSR count). The number of benzene rings is 1. The number of carbonyl (C=O) groups is 1. The number of rotatable bonds is 2. The van der Waals surface area contributed by atoms with Gasteiger partial charge in [-0.2, -0.15) is 5.10 Å². The van der Waals surface area contributed by atoms with Crippen LogP contribution in [0.15, 0.2) is 36.5 Å². The van der Waals surface area contributed by atoms with Gasteiger partial charge >= 0.3 is 0 Å². The zero-order chi connectivity index (χ0) is 13.4. The van der Waals surface area contributed by atoms with Crippen LogP contribution in [-0.4, -0.2) is 21.1 Å². The average Bonchev–Trinajstić information content (AvgIpc) is 2.76. The first-order valence-corrected chi connectivity index (χ1v) is 6.07. The van der Waals surface area contributed by atoms with Crippen molar-refractivity contribution >= 4 is 17.3 Å². The van der Waals surface area contributed by atoms with E-state index in [4.69, 9.17) is 0 Å². The van der Waals surface area contributed by atoms with Gasteiger partial charge in [-0.25, -0.2) is 9.67 Å². The van der Waals surface area contributed by atoms with Gasteiger partial charge in [-0.15, -0.1) is 0 Å². The first kappa shape index (κ1) is 11.6. The van der Waals surface area contributed by atoms with E-state index in [2.05, 4.69) is 10.1 Å². The molecule has 0 bridgehead atoms. The number of nitrogens with zero attached hydrogens (tertiary/aromatic N) is 3. The average molecular weight is 251 g/mol. The molecule has 0 aliphatic heterocycles. The van der Waals surface area contributed by atoms with Gasteiger partial charge in [0.1, 0.15) is 0 Å². The van der Waals surface area contributed by atoms with Crippen molar-refractivity contribution in [1.29, 1.82) is 0 Å². The predicted molar refractivity (Wildman–Crippen MR) is 73.7 cm³/mol. The van der Waals surface area contributed by atoms with Gasteiger partial charge in [-0.3, -0.25) is 4.79 Å². The molecule has 4 heteroatoms. The molecule has 0 fully saturated rings. The second-order valence-electron chi connectivity index (χ2n) is 4.54. The summed E-state index contributed by atoms with van der Waals surface area (Å²) in [5, 5.41) is 5.44. The van der Waals surface area contributed by atoms with E-state index in [0.29, 0.717) is 5.56 Å². The van der Waals surface area contributed by atoms with E-state index in [1.165, 1.54) is 0 Å². The Bertz CT molecular complexity index is 774. The van der Waals surface area contributed by atoms with Gasteiger partial charge in [-0.05, 0) is 31.5 Å². The highest BCUT2D eigenvalue weighted by Crippen LogP contribution is 2.22. The summed E-state index contributed by atoms with van der Waals surface area (Å²) in [7, 11) is 0. The van der Waals surface area contributed by atoms with Crippen LogP contribution in [0.1, 0.15) is 21.6 Å². The highest BCUT2D eigenvalue weighted by atomic mass is 16.1. The van der Waals surface area contributed by atoms with Crippen LogP contribution in [0.5, 0.6) is 0 Å². The second kappa shape index (κ2) is 4.31. The molecule has 0 aliphatic rings. The molecule has 0 saturated heterocycles. The van der Waals surface area contributed by atoms with Gasteiger partial charge in [0.05, 0.1) is 11.4 Å². The highest BCUT2D eigenvalue weighted by molar-refractivity contribution is 5.86. The molecule has 2 heterocycles. The van der Waals surface area contributed by atoms with Crippen molar-refractivity contribution in [2.24, 2.45) is 0 Å². The minimum Gasteiger partial charge on any atom is -0.298 e. The van der Waals surface area contributed by atoms with Crippen LogP contribution in [0.25, 0.3) is 16.7 Å². The Morgan fingerprint density at radius 1 is 1.21 bits per heavy atom. The Kier molecular flexibility index (Phi) is 2.63. The van der Waals surface area contributed by atoms with Crippen LogP contribution in [0, 0.1) is 13.8 Å². The number of hydrogen-bond acceptors (Lipinski definition) is 3. The molecule has 4 nitrogen and oxygen atoms in total. The molecule has 3 aromatic rings. The summed E-state index contributed by atoms with van der Waals surface area (Å²) in [5.74, 6) is 0. The lowest BCUT2D eigenvalue weighted by Crippen LogP contribution is -2.00. The van der Waals surface area contributed by atoms with Crippen molar-refractivity contribution in [2.45, 2.75) is 13.8 Å². The summed E-state index contributed by atoms with van der Waals surface area (Å²) in [6.07, 6.45) is 2.38. The van der Waals surface area contributed by atoms with Crippen molar-refractivity contribution < 1.29 is 4.79 Å². The van der Waals surface area contributed by atoms with Gasteiger partial charge in [0.15, 0.2) is 11.9 Å². The molecule has 0 radical (unpaired) electrons. The summed E-state index contributed by atoms with van der Waals surface area (Å²) >= 11 is 0. The van der Waals surface area contributed by atoms with Crippen molar-refractivity contribution in [3.05, 3.63) is 53.3 Å². The molecule has 0 N–H and O–H groups in total. The predicted octanol–water partition coefficient (Wildman–Crippen LogP) is 2.85. The van der Waals surface area contributed by atoms with Gasteiger partial charge in [0.2, 0.25) is 0 Å². The normalized spacial score (nSPS) is 10.8. The second-order valence-corrected chi connectivity index (χ2v) is 4.54. The Hall–Kier alpha value is -2.49. The lowest BCUT2D eigenvalue weighted by Gasteiger charge is -2.05. The Balaban J connectivity index is 2.32. The molecular weight excluding hydrogens is 238 g/mol. The fourth-order valence-electron chi connectivity index (χ4n) is 2.19.